The molecule has 0 atom stereocenters. The first-order valence-electron chi connectivity index (χ1n) is 7.56. The lowest BCUT2D eigenvalue weighted by atomic mass is 10.2. The maximum atomic E-state index is 11.9. The maximum Gasteiger partial charge on any atom is 0.234 e. The summed E-state index contributed by atoms with van der Waals surface area (Å²) in [6.45, 7) is 0.989. The number of H-pyrrole nitrogens is 1. The molecule has 1 heterocycles. The molecular formula is C17H15Cl3N4O. The predicted octanol–water partition coefficient (Wildman–Crippen LogP) is 3.93. The number of aromatic amines is 1. The zero-order chi connectivity index (χ0) is 17.8. The average Bonchev–Trinajstić information content (AvgIpc) is 2.94. The number of nitrogens with zero attached hydrogens (tertiary/aromatic N) is 1. The fraction of sp³-hybridized carbons (Fsp3) is 0.176. The first-order chi connectivity index (χ1) is 12.0. The summed E-state index contributed by atoms with van der Waals surface area (Å²) >= 11 is 17.8. The third-order valence-corrected chi connectivity index (χ3v) is 4.15. The van der Waals surface area contributed by atoms with Crippen LogP contribution >= 0.6 is 34.8 Å². The molecule has 0 saturated carbocycles. The van der Waals surface area contributed by atoms with Crippen molar-refractivity contribution in [1.82, 2.24) is 20.6 Å². The van der Waals surface area contributed by atoms with E-state index in [4.69, 9.17) is 34.8 Å². The Morgan fingerprint density at radius 2 is 1.76 bits per heavy atom. The SMILES string of the molecule is O=C(CNCc1cc(Cl)cc(Cl)c1)NCc1nc2ccc(Cl)cc2[nH]1. The number of aromatic nitrogens is 2. The number of amides is 1. The summed E-state index contributed by atoms with van der Waals surface area (Å²) in [6.07, 6.45) is 0. The van der Waals surface area contributed by atoms with E-state index in [1.807, 2.05) is 6.07 Å². The van der Waals surface area contributed by atoms with Gasteiger partial charge in [-0.2, -0.15) is 0 Å². The van der Waals surface area contributed by atoms with Gasteiger partial charge in [-0.3, -0.25) is 4.79 Å². The molecule has 0 fully saturated rings. The molecule has 3 rings (SSSR count). The van der Waals surface area contributed by atoms with Crippen LogP contribution < -0.4 is 10.6 Å². The summed E-state index contributed by atoms with van der Waals surface area (Å²) in [5.41, 5.74) is 2.57. The van der Waals surface area contributed by atoms with E-state index in [2.05, 4.69) is 20.6 Å². The molecule has 130 valence electrons. The number of halogens is 3. The van der Waals surface area contributed by atoms with Gasteiger partial charge in [-0.05, 0) is 42.0 Å². The molecule has 0 radical (unpaired) electrons. The van der Waals surface area contributed by atoms with E-state index in [1.165, 1.54) is 0 Å². The van der Waals surface area contributed by atoms with Gasteiger partial charge >= 0.3 is 0 Å². The quantitative estimate of drug-likeness (QED) is 0.590. The lowest BCUT2D eigenvalue weighted by Gasteiger charge is -2.06. The molecule has 0 spiro atoms. The molecular weight excluding hydrogens is 383 g/mol. The molecule has 5 nitrogen and oxygen atoms in total. The van der Waals surface area contributed by atoms with Gasteiger partial charge in [0.05, 0.1) is 24.1 Å². The molecule has 0 unspecified atom stereocenters. The second-order valence-electron chi connectivity index (χ2n) is 5.50. The molecule has 0 aliphatic heterocycles. The molecule has 25 heavy (non-hydrogen) atoms. The molecule has 3 N–H and O–H groups in total. The van der Waals surface area contributed by atoms with Crippen LogP contribution in [0.2, 0.25) is 15.1 Å². The highest BCUT2D eigenvalue weighted by molar-refractivity contribution is 6.34. The second-order valence-corrected chi connectivity index (χ2v) is 6.81. The molecule has 1 aromatic heterocycles. The Labute approximate surface area is 159 Å². The highest BCUT2D eigenvalue weighted by Gasteiger charge is 2.06. The second kappa shape index (κ2) is 8.06. The highest BCUT2D eigenvalue weighted by Crippen LogP contribution is 2.19. The Hall–Kier alpha value is -1.79. The Bertz CT molecular complexity index is 890. The number of nitrogens with one attached hydrogen (secondary N) is 3. The Kier molecular flexibility index (Phi) is 5.81. The molecule has 0 bridgehead atoms. The van der Waals surface area contributed by atoms with Crippen molar-refractivity contribution in [1.29, 1.82) is 0 Å². The lowest BCUT2D eigenvalue weighted by molar-refractivity contribution is -0.120. The van der Waals surface area contributed by atoms with Crippen molar-refractivity contribution >= 4 is 51.7 Å². The van der Waals surface area contributed by atoms with Gasteiger partial charge in [0.15, 0.2) is 0 Å². The molecule has 0 aliphatic carbocycles. The minimum atomic E-state index is -0.133. The topological polar surface area (TPSA) is 69.8 Å². The number of rotatable bonds is 6. The summed E-state index contributed by atoms with van der Waals surface area (Å²) in [5.74, 6) is 0.541. The minimum Gasteiger partial charge on any atom is -0.348 e. The zero-order valence-corrected chi connectivity index (χ0v) is 15.3. The number of hydrogen-bond acceptors (Lipinski definition) is 3. The monoisotopic (exact) mass is 396 g/mol. The number of carbonyl (C=O) groups excluding carboxylic acids is 1. The Balaban J connectivity index is 1.47. The molecule has 0 aliphatic rings. The van der Waals surface area contributed by atoms with E-state index in [-0.39, 0.29) is 12.5 Å². The zero-order valence-electron chi connectivity index (χ0n) is 13.1. The largest absolute Gasteiger partial charge is 0.348 e. The molecule has 0 saturated heterocycles. The van der Waals surface area contributed by atoms with E-state index in [0.29, 0.717) is 34.0 Å². The van der Waals surface area contributed by atoms with Gasteiger partial charge in [0.25, 0.3) is 0 Å². The van der Waals surface area contributed by atoms with Crippen molar-refractivity contribution in [2.24, 2.45) is 0 Å². The number of benzene rings is 2. The Morgan fingerprint density at radius 1 is 1.00 bits per heavy atom. The van der Waals surface area contributed by atoms with Crippen molar-refractivity contribution < 1.29 is 4.79 Å². The van der Waals surface area contributed by atoms with Crippen LogP contribution in [0.1, 0.15) is 11.4 Å². The molecule has 8 heteroatoms. The Morgan fingerprint density at radius 3 is 2.52 bits per heavy atom. The average molecular weight is 398 g/mol. The van der Waals surface area contributed by atoms with Crippen LogP contribution in [0.15, 0.2) is 36.4 Å². The summed E-state index contributed by atoms with van der Waals surface area (Å²) in [7, 11) is 0. The third kappa shape index (κ3) is 5.09. The van der Waals surface area contributed by atoms with E-state index < -0.39 is 0 Å². The van der Waals surface area contributed by atoms with Crippen LogP contribution in [-0.2, 0) is 17.9 Å². The smallest absolute Gasteiger partial charge is 0.234 e. The number of fused-ring (bicyclic) bond motifs is 1. The number of imidazole rings is 1. The lowest BCUT2D eigenvalue weighted by Crippen LogP contribution is -2.33. The first-order valence-corrected chi connectivity index (χ1v) is 8.69. The van der Waals surface area contributed by atoms with Crippen molar-refractivity contribution in [3.63, 3.8) is 0 Å². The van der Waals surface area contributed by atoms with Crippen LogP contribution in [0.5, 0.6) is 0 Å². The first kappa shape index (κ1) is 18.0. The van der Waals surface area contributed by atoms with E-state index in [0.717, 1.165) is 16.6 Å². The van der Waals surface area contributed by atoms with E-state index in [1.54, 1.807) is 30.3 Å². The van der Waals surface area contributed by atoms with Crippen LogP contribution in [-0.4, -0.2) is 22.4 Å². The van der Waals surface area contributed by atoms with Crippen molar-refractivity contribution in [3.8, 4) is 0 Å². The van der Waals surface area contributed by atoms with Gasteiger partial charge in [0.2, 0.25) is 5.91 Å². The third-order valence-electron chi connectivity index (χ3n) is 3.48. The van der Waals surface area contributed by atoms with Gasteiger partial charge in [-0.1, -0.05) is 34.8 Å². The van der Waals surface area contributed by atoms with Gasteiger partial charge < -0.3 is 15.6 Å². The van der Waals surface area contributed by atoms with Crippen LogP contribution in [0, 0.1) is 0 Å². The summed E-state index contributed by atoms with van der Waals surface area (Å²) < 4.78 is 0. The number of carbonyl (C=O) groups is 1. The van der Waals surface area contributed by atoms with Crippen molar-refractivity contribution in [2.75, 3.05) is 6.54 Å². The van der Waals surface area contributed by atoms with E-state index >= 15 is 0 Å². The van der Waals surface area contributed by atoms with Crippen molar-refractivity contribution in [2.45, 2.75) is 13.1 Å². The van der Waals surface area contributed by atoms with E-state index in [9.17, 15) is 4.79 Å². The standard InChI is InChI=1S/C17H15Cl3N4O/c18-11-1-2-14-15(6-11)24-16(23-14)8-22-17(25)9-21-7-10-3-12(19)5-13(20)4-10/h1-6,21H,7-9H2,(H,22,25)(H,23,24). The van der Waals surface area contributed by atoms with Crippen molar-refractivity contribution in [3.05, 3.63) is 62.9 Å². The summed E-state index contributed by atoms with van der Waals surface area (Å²) in [4.78, 5) is 19.4. The highest BCUT2D eigenvalue weighted by atomic mass is 35.5. The van der Waals surface area contributed by atoms with Crippen LogP contribution in [0.4, 0.5) is 0 Å². The molecule has 3 aromatic rings. The van der Waals surface area contributed by atoms with Crippen LogP contribution in [0.3, 0.4) is 0 Å². The molecule has 1 amide bonds. The summed E-state index contributed by atoms with van der Waals surface area (Å²) in [5, 5.41) is 7.62. The van der Waals surface area contributed by atoms with Gasteiger partial charge in [-0.15, -0.1) is 0 Å². The maximum absolute atomic E-state index is 11.9. The fourth-order valence-corrected chi connectivity index (χ4v) is 3.14. The van der Waals surface area contributed by atoms with Gasteiger partial charge in [0, 0.05) is 21.6 Å². The van der Waals surface area contributed by atoms with Crippen LogP contribution in [0.25, 0.3) is 11.0 Å². The predicted molar refractivity (Wildman–Crippen MR) is 101 cm³/mol. The van der Waals surface area contributed by atoms with Gasteiger partial charge in [-0.25, -0.2) is 4.98 Å². The minimum absolute atomic E-state index is 0.133. The number of hydrogen-bond donors (Lipinski definition) is 3. The molecule has 2 aromatic carbocycles. The fourth-order valence-electron chi connectivity index (χ4n) is 2.40. The normalized spacial score (nSPS) is 11.0. The summed E-state index contributed by atoms with van der Waals surface area (Å²) in [6, 6.07) is 10.7. The van der Waals surface area contributed by atoms with Gasteiger partial charge in [0.1, 0.15) is 5.82 Å².